The molecule has 4 amide bonds. The Bertz CT molecular complexity index is 1580. The monoisotopic (exact) mass is 557 g/mol. The number of anilines is 2. The Kier molecular flexibility index (Phi) is 8.14. The van der Waals surface area contributed by atoms with Gasteiger partial charge in [-0.25, -0.2) is 4.79 Å². The van der Waals surface area contributed by atoms with E-state index in [-0.39, 0.29) is 12.1 Å². The van der Waals surface area contributed by atoms with Gasteiger partial charge in [0.1, 0.15) is 17.8 Å². The van der Waals surface area contributed by atoms with Crippen LogP contribution in [0.15, 0.2) is 54.6 Å². The van der Waals surface area contributed by atoms with Crippen molar-refractivity contribution in [3.05, 3.63) is 65.7 Å². The van der Waals surface area contributed by atoms with Crippen molar-refractivity contribution in [3.63, 3.8) is 0 Å². The van der Waals surface area contributed by atoms with E-state index in [1.807, 2.05) is 36.4 Å². The topological polar surface area (TPSA) is 143 Å². The van der Waals surface area contributed by atoms with Crippen LogP contribution in [0.2, 0.25) is 0 Å². The second kappa shape index (κ2) is 11.6. The van der Waals surface area contributed by atoms with Gasteiger partial charge in [-0.2, -0.15) is 5.26 Å². The second-order valence-electron chi connectivity index (χ2n) is 9.89. The van der Waals surface area contributed by atoms with Crippen molar-refractivity contribution < 1.29 is 29.0 Å². The standard InChI is InChI=1S/C30H31N5O6/c1-17-27(32-28(37)18(2)33(4)30(39)40)29(38)34(24-12-10-20(15-31)14-25(24)35(17)19(3)36)16-23-22-9-7-6-8-21(22)11-13-26(23)41-5/h6-14,17-18,27H,16H2,1-5H3,(H,32,37)(H,39,40)/t17-,18-,27-/m0/s1. The van der Waals surface area contributed by atoms with Gasteiger partial charge in [0.05, 0.1) is 42.7 Å². The van der Waals surface area contributed by atoms with E-state index in [4.69, 9.17) is 4.74 Å². The summed E-state index contributed by atoms with van der Waals surface area (Å²) in [6.07, 6.45) is -1.31. The third-order valence-corrected chi connectivity index (χ3v) is 7.51. The fraction of sp³-hybridized carbons (Fsp3) is 0.300. The molecule has 0 saturated carbocycles. The van der Waals surface area contributed by atoms with E-state index < -0.39 is 41.9 Å². The predicted molar refractivity (Wildman–Crippen MR) is 153 cm³/mol. The molecule has 3 aromatic rings. The summed E-state index contributed by atoms with van der Waals surface area (Å²) in [5, 5.41) is 23.5. The fourth-order valence-corrected chi connectivity index (χ4v) is 5.12. The summed E-state index contributed by atoms with van der Waals surface area (Å²) in [6.45, 7) is 4.40. The van der Waals surface area contributed by atoms with Gasteiger partial charge < -0.3 is 25.0 Å². The number of carbonyl (C=O) groups excluding carboxylic acids is 3. The summed E-state index contributed by atoms with van der Waals surface area (Å²) in [4.78, 5) is 55.8. The maximum atomic E-state index is 14.4. The van der Waals surface area contributed by atoms with Crippen LogP contribution in [-0.2, 0) is 20.9 Å². The fourth-order valence-electron chi connectivity index (χ4n) is 5.12. The van der Waals surface area contributed by atoms with Crippen molar-refractivity contribution in [2.75, 3.05) is 24.0 Å². The first-order valence-electron chi connectivity index (χ1n) is 13.0. The number of ether oxygens (including phenoxy) is 1. The Hall–Kier alpha value is -5.11. The lowest BCUT2D eigenvalue weighted by atomic mass is 10.0. The average molecular weight is 558 g/mol. The van der Waals surface area contributed by atoms with Crippen LogP contribution < -0.4 is 19.9 Å². The lowest BCUT2D eigenvalue weighted by Gasteiger charge is -2.32. The number of nitrogens with zero attached hydrogens (tertiary/aromatic N) is 4. The molecule has 3 atom stereocenters. The highest BCUT2D eigenvalue weighted by molar-refractivity contribution is 6.09. The van der Waals surface area contributed by atoms with Crippen LogP contribution in [0.4, 0.5) is 16.2 Å². The number of rotatable bonds is 6. The molecule has 0 spiro atoms. The van der Waals surface area contributed by atoms with Gasteiger partial charge in [0, 0.05) is 19.5 Å². The molecule has 11 nitrogen and oxygen atoms in total. The number of nitriles is 1. The van der Waals surface area contributed by atoms with E-state index >= 15 is 0 Å². The van der Waals surface area contributed by atoms with Gasteiger partial charge in [-0.05, 0) is 48.9 Å². The van der Waals surface area contributed by atoms with Crippen molar-refractivity contribution in [3.8, 4) is 11.8 Å². The highest BCUT2D eigenvalue weighted by atomic mass is 16.5. The number of methoxy groups -OCH3 is 1. The third-order valence-electron chi connectivity index (χ3n) is 7.51. The molecular weight excluding hydrogens is 526 g/mol. The molecule has 1 heterocycles. The maximum absolute atomic E-state index is 14.4. The van der Waals surface area contributed by atoms with Gasteiger partial charge in [0.2, 0.25) is 11.8 Å². The molecule has 1 aliphatic rings. The van der Waals surface area contributed by atoms with Gasteiger partial charge in [0.15, 0.2) is 0 Å². The van der Waals surface area contributed by atoms with Gasteiger partial charge >= 0.3 is 6.09 Å². The maximum Gasteiger partial charge on any atom is 0.407 e. The molecule has 0 bridgehead atoms. The molecule has 0 saturated heterocycles. The molecule has 3 aromatic carbocycles. The van der Waals surface area contributed by atoms with E-state index in [0.717, 1.165) is 15.7 Å². The number of amides is 4. The largest absolute Gasteiger partial charge is 0.496 e. The summed E-state index contributed by atoms with van der Waals surface area (Å²) < 4.78 is 5.66. The van der Waals surface area contributed by atoms with Crippen molar-refractivity contribution in [1.29, 1.82) is 5.26 Å². The summed E-state index contributed by atoms with van der Waals surface area (Å²) in [5.41, 5.74) is 1.71. The summed E-state index contributed by atoms with van der Waals surface area (Å²) in [6, 6.07) is 14.9. The number of benzene rings is 3. The first-order chi connectivity index (χ1) is 19.5. The Labute approximate surface area is 237 Å². The normalized spacial score (nSPS) is 17.2. The Morgan fingerprint density at radius 3 is 2.49 bits per heavy atom. The number of carboxylic acid groups (broad SMARTS) is 1. The van der Waals surface area contributed by atoms with Crippen molar-refractivity contribution in [2.24, 2.45) is 0 Å². The van der Waals surface area contributed by atoms with Crippen LogP contribution in [0.5, 0.6) is 5.75 Å². The van der Waals surface area contributed by atoms with E-state index in [9.17, 15) is 29.5 Å². The molecular formula is C30H31N5O6. The lowest BCUT2D eigenvalue weighted by Crippen LogP contribution is -2.60. The second-order valence-corrected chi connectivity index (χ2v) is 9.89. The van der Waals surface area contributed by atoms with Gasteiger partial charge in [-0.1, -0.05) is 30.3 Å². The first kappa shape index (κ1) is 28.9. The van der Waals surface area contributed by atoms with Gasteiger partial charge in [-0.3, -0.25) is 19.3 Å². The minimum atomic E-state index is -1.31. The van der Waals surface area contributed by atoms with Crippen molar-refractivity contribution >= 4 is 46.0 Å². The van der Waals surface area contributed by atoms with E-state index in [1.54, 1.807) is 25.1 Å². The number of nitrogens with one attached hydrogen (secondary N) is 1. The third kappa shape index (κ3) is 5.36. The Morgan fingerprint density at radius 1 is 1.15 bits per heavy atom. The van der Waals surface area contributed by atoms with Gasteiger partial charge in [-0.15, -0.1) is 0 Å². The van der Waals surface area contributed by atoms with E-state index in [0.29, 0.717) is 22.7 Å². The molecule has 0 aromatic heterocycles. The van der Waals surface area contributed by atoms with Crippen LogP contribution in [0.25, 0.3) is 10.8 Å². The summed E-state index contributed by atoms with van der Waals surface area (Å²) >= 11 is 0. The lowest BCUT2D eigenvalue weighted by molar-refractivity contribution is -0.130. The number of fused-ring (bicyclic) bond motifs is 2. The SMILES string of the molecule is COc1ccc2ccccc2c1CN1C(=O)[C@@H](NC(=O)[C@H](C)N(C)C(=O)O)[C@H](C)N(C(C)=O)c2cc(C#N)ccc21. The number of hydrogen-bond donors (Lipinski definition) is 2. The molecule has 0 radical (unpaired) electrons. The smallest absolute Gasteiger partial charge is 0.407 e. The first-order valence-corrected chi connectivity index (χ1v) is 13.0. The van der Waals surface area contributed by atoms with Crippen molar-refractivity contribution in [2.45, 2.75) is 45.4 Å². The summed E-state index contributed by atoms with van der Waals surface area (Å²) in [7, 11) is 2.79. The average Bonchev–Trinajstić information content (AvgIpc) is 3.04. The Balaban J connectivity index is 1.90. The van der Waals surface area contributed by atoms with Crippen LogP contribution in [0.3, 0.4) is 0 Å². The Morgan fingerprint density at radius 2 is 1.85 bits per heavy atom. The number of carbonyl (C=O) groups is 4. The number of hydrogen-bond acceptors (Lipinski definition) is 6. The molecule has 0 fully saturated rings. The van der Waals surface area contributed by atoms with Crippen LogP contribution in [0, 0.1) is 11.3 Å². The van der Waals surface area contributed by atoms with Crippen molar-refractivity contribution in [1.82, 2.24) is 10.2 Å². The molecule has 4 rings (SSSR count). The molecule has 212 valence electrons. The quantitative estimate of drug-likeness (QED) is 0.472. The van der Waals surface area contributed by atoms with E-state index in [2.05, 4.69) is 11.4 Å². The van der Waals surface area contributed by atoms with Crippen LogP contribution in [0.1, 0.15) is 31.9 Å². The minimum Gasteiger partial charge on any atom is -0.496 e. The van der Waals surface area contributed by atoms with E-state index in [1.165, 1.54) is 37.8 Å². The highest BCUT2D eigenvalue weighted by Crippen LogP contribution is 2.39. The van der Waals surface area contributed by atoms with Gasteiger partial charge in [0.25, 0.3) is 5.91 Å². The van der Waals surface area contributed by atoms with Crippen LogP contribution in [-0.4, -0.2) is 66.1 Å². The molecule has 0 unspecified atom stereocenters. The summed E-state index contributed by atoms with van der Waals surface area (Å²) in [5.74, 6) is -1.07. The predicted octanol–water partition coefficient (Wildman–Crippen LogP) is 3.49. The molecule has 1 aliphatic heterocycles. The highest BCUT2D eigenvalue weighted by Gasteiger charge is 2.42. The molecule has 11 heteroatoms. The molecule has 2 N–H and O–H groups in total. The zero-order valence-electron chi connectivity index (χ0n) is 23.4. The number of likely N-dealkylation sites (N-methyl/N-ethyl adjacent to an activating group) is 1. The van der Waals surface area contributed by atoms with Crippen LogP contribution >= 0.6 is 0 Å². The zero-order chi connectivity index (χ0) is 30.0. The molecule has 0 aliphatic carbocycles. The minimum absolute atomic E-state index is 0.0255. The molecule has 41 heavy (non-hydrogen) atoms. The zero-order valence-corrected chi connectivity index (χ0v) is 23.4.